The minimum absolute atomic E-state index is 0.0423. The number of rotatable bonds is 6. The average molecular weight is 254 g/mol. The third-order valence-electron chi connectivity index (χ3n) is 2.10. The Hall–Kier alpha value is -1.42. The highest BCUT2D eigenvalue weighted by Gasteiger charge is 2.10. The Morgan fingerprint density at radius 3 is 2.47 bits per heavy atom. The van der Waals surface area contributed by atoms with Crippen molar-refractivity contribution in [2.45, 2.75) is 12.2 Å². The third-order valence-corrected chi connectivity index (χ3v) is 3.45. The van der Waals surface area contributed by atoms with Gasteiger partial charge in [0.05, 0.1) is 17.4 Å². The smallest absolute Gasteiger partial charge is 0.215 e. The Morgan fingerprint density at radius 1 is 1.29 bits per heavy atom. The number of aliphatic hydroxyl groups is 1. The van der Waals surface area contributed by atoms with Gasteiger partial charge in [-0.3, -0.25) is 0 Å². The summed E-state index contributed by atoms with van der Waals surface area (Å²) in [6.07, 6.45) is 0.395. The quantitative estimate of drug-likeness (QED) is 0.717. The Bertz CT molecular complexity index is 488. The lowest BCUT2D eigenvalue weighted by atomic mass is 10.2. The first-order chi connectivity index (χ1) is 8.07. The molecule has 6 heteroatoms. The first-order valence-electron chi connectivity index (χ1n) is 5.14. The molecule has 0 aromatic heterocycles. The minimum atomic E-state index is -3.37. The summed E-state index contributed by atoms with van der Waals surface area (Å²) in [6.45, 7) is 0.189. The zero-order valence-corrected chi connectivity index (χ0v) is 10.1. The molecule has 0 spiro atoms. The van der Waals surface area contributed by atoms with Gasteiger partial charge in [0.2, 0.25) is 10.0 Å². The summed E-state index contributed by atoms with van der Waals surface area (Å²) >= 11 is 0. The summed E-state index contributed by atoms with van der Waals surface area (Å²) in [5, 5.41) is 17.1. The Balaban J connectivity index is 2.60. The van der Waals surface area contributed by atoms with Crippen molar-refractivity contribution >= 4 is 10.0 Å². The zero-order valence-electron chi connectivity index (χ0n) is 9.26. The molecule has 0 saturated heterocycles. The van der Waals surface area contributed by atoms with E-state index in [4.69, 9.17) is 10.4 Å². The van der Waals surface area contributed by atoms with Gasteiger partial charge in [0.1, 0.15) is 0 Å². The van der Waals surface area contributed by atoms with E-state index in [1.807, 2.05) is 6.07 Å². The molecule has 0 radical (unpaired) electrons. The van der Waals surface area contributed by atoms with Crippen molar-refractivity contribution in [3.8, 4) is 6.07 Å². The number of aliphatic hydroxyl groups excluding tert-OH is 1. The van der Waals surface area contributed by atoms with Crippen LogP contribution in [0.25, 0.3) is 0 Å². The fraction of sp³-hybridized carbons (Fsp3) is 0.364. The molecule has 1 aromatic rings. The highest BCUT2D eigenvalue weighted by molar-refractivity contribution is 7.88. The highest BCUT2D eigenvalue weighted by atomic mass is 32.2. The Morgan fingerprint density at radius 2 is 1.94 bits per heavy atom. The SMILES string of the molecule is N#Cc1ccc(CS(=O)(=O)NCCCO)cc1. The van der Waals surface area contributed by atoms with Crippen LogP contribution in [0.1, 0.15) is 17.5 Å². The van der Waals surface area contributed by atoms with Crippen molar-refractivity contribution in [3.05, 3.63) is 35.4 Å². The minimum Gasteiger partial charge on any atom is -0.396 e. The molecule has 0 bridgehead atoms. The molecule has 0 aliphatic rings. The molecule has 1 rings (SSSR count). The van der Waals surface area contributed by atoms with Crippen LogP contribution in [0.4, 0.5) is 0 Å². The van der Waals surface area contributed by atoms with E-state index >= 15 is 0 Å². The van der Waals surface area contributed by atoms with Crippen LogP contribution in [0.3, 0.4) is 0 Å². The standard InChI is InChI=1S/C11H14N2O3S/c12-8-10-2-4-11(5-3-10)9-17(15,16)13-6-1-7-14/h2-5,13-14H,1,6-7,9H2. The molecule has 2 N–H and O–H groups in total. The lowest BCUT2D eigenvalue weighted by Crippen LogP contribution is -2.26. The normalized spacial score (nSPS) is 11.1. The molecular formula is C11H14N2O3S. The van der Waals surface area contributed by atoms with Gasteiger partial charge in [-0.05, 0) is 24.1 Å². The van der Waals surface area contributed by atoms with Crippen LogP contribution in [-0.4, -0.2) is 26.7 Å². The summed E-state index contributed by atoms with van der Waals surface area (Å²) in [5.74, 6) is -0.121. The molecule has 0 aliphatic heterocycles. The number of nitriles is 1. The van der Waals surface area contributed by atoms with Crippen molar-refractivity contribution in [1.82, 2.24) is 4.72 Å². The van der Waals surface area contributed by atoms with E-state index in [0.29, 0.717) is 17.5 Å². The summed E-state index contributed by atoms with van der Waals surface area (Å²) < 4.78 is 25.5. The van der Waals surface area contributed by atoms with Gasteiger partial charge in [-0.25, -0.2) is 13.1 Å². The van der Waals surface area contributed by atoms with Crippen molar-refractivity contribution in [2.24, 2.45) is 0 Å². The number of sulfonamides is 1. The summed E-state index contributed by atoms with van der Waals surface area (Å²) in [5.41, 5.74) is 1.12. The molecule has 0 fully saturated rings. The largest absolute Gasteiger partial charge is 0.396 e. The van der Waals surface area contributed by atoms with E-state index in [-0.39, 0.29) is 18.9 Å². The monoisotopic (exact) mass is 254 g/mol. The van der Waals surface area contributed by atoms with Crippen molar-refractivity contribution in [3.63, 3.8) is 0 Å². The van der Waals surface area contributed by atoms with Gasteiger partial charge in [-0.15, -0.1) is 0 Å². The summed E-state index contributed by atoms with van der Waals surface area (Å²) in [6, 6.07) is 8.36. The van der Waals surface area contributed by atoms with Crippen molar-refractivity contribution in [1.29, 1.82) is 5.26 Å². The second-order valence-electron chi connectivity index (χ2n) is 3.54. The van der Waals surface area contributed by atoms with Crippen LogP contribution < -0.4 is 4.72 Å². The first kappa shape index (κ1) is 13.6. The molecular weight excluding hydrogens is 240 g/mol. The lowest BCUT2D eigenvalue weighted by molar-refractivity contribution is 0.289. The van der Waals surface area contributed by atoms with E-state index in [2.05, 4.69) is 4.72 Å². The van der Waals surface area contributed by atoms with Gasteiger partial charge in [0, 0.05) is 13.2 Å². The van der Waals surface area contributed by atoms with E-state index in [1.54, 1.807) is 24.3 Å². The maximum absolute atomic E-state index is 11.6. The molecule has 0 heterocycles. The molecule has 92 valence electrons. The van der Waals surface area contributed by atoms with E-state index in [9.17, 15) is 8.42 Å². The van der Waals surface area contributed by atoms with Gasteiger partial charge in [-0.1, -0.05) is 12.1 Å². The molecule has 0 aliphatic carbocycles. The second kappa shape index (κ2) is 6.35. The van der Waals surface area contributed by atoms with Crippen LogP contribution in [0, 0.1) is 11.3 Å². The highest BCUT2D eigenvalue weighted by Crippen LogP contribution is 2.07. The van der Waals surface area contributed by atoms with E-state index in [1.165, 1.54) is 0 Å². The van der Waals surface area contributed by atoms with Crippen LogP contribution in [0.5, 0.6) is 0 Å². The van der Waals surface area contributed by atoms with Gasteiger partial charge in [0.25, 0.3) is 0 Å². The van der Waals surface area contributed by atoms with Crippen LogP contribution in [0.2, 0.25) is 0 Å². The topological polar surface area (TPSA) is 90.2 Å². The molecule has 1 aromatic carbocycles. The van der Waals surface area contributed by atoms with Gasteiger partial charge in [-0.2, -0.15) is 5.26 Å². The predicted octanol–water partition coefficient (Wildman–Crippen LogP) is 0.360. The number of nitrogens with zero attached hydrogens (tertiary/aromatic N) is 1. The fourth-order valence-corrected chi connectivity index (χ4v) is 2.44. The first-order valence-corrected chi connectivity index (χ1v) is 6.80. The molecule has 0 unspecified atom stereocenters. The molecule has 0 atom stereocenters. The third kappa shape index (κ3) is 4.95. The number of nitrogens with one attached hydrogen (secondary N) is 1. The molecule has 5 nitrogen and oxygen atoms in total. The average Bonchev–Trinajstić information content (AvgIpc) is 2.30. The summed E-state index contributed by atoms with van der Waals surface area (Å²) in [4.78, 5) is 0. The molecule has 17 heavy (non-hydrogen) atoms. The number of hydrogen-bond acceptors (Lipinski definition) is 4. The number of benzene rings is 1. The van der Waals surface area contributed by atoms with Gasteiger partial charge >= 0.3 is 0 Å². The Labute approximate surface area is 101 Å². The lowest BCUT2D eigenvalue weighted by Gasteiger charge is -2.05. The fourth-order valence-electron chi connectivity index (χ4n) is 1.25. The molecule has 0 amide bonds. The maximum Gasteiger partial charge on any atom is 0.215 e. The van der Waals surface area contributed by atoms with Gasteiger partial charge < -0.3 is 5.11 Å². The van der Waals surface area contributed by atoms with E-state index in [0.717, 1.165) is 0 Å². The van der Waals surface area contributed by atoms with Crippen LogP contribution in [-0.2, 0) is 15.8 Å². The molecule has 0 saturated carbocycles. The van der Waals surface area contributed by atoms with Crippen molar-refractivity contribution in [2.75, 3.05) is 13.2 Å². The van der Waals surface area contributed by atoms with Crippen molar-refractivity contribution < 1.29 is 13.5 Å². The van der Waals surface area contributed by atoms with Gasteiger partial charge in [0.15, 0.2) is 0 Å². The Kier molecular flexibility index (Phi) is 5.10. The van der Waals surface area contributed by atoms with Crippen LogP contribution >= 0.6 is 0 Å². The zero-order chi connectivity index (χ0) is 12.7. The van der Waals surface area contributed by atoms with E-state index < -0.39 is 10.0 Å². The number of hydrogen-bond donors (Lipinski definition) is 2. The van der Waals surface area contributed by atoms with Crippen LogP contribution in [0.15, 0.2) is 24.3 Å². The summed E-state index contributed by atoms with van der Waals surface area (Å²) in [7, 11) is -3.37. The second-order valence-corrected chi connectivity index (χ2v) is 5.35. The maximum atomic E-state index is 11.6. The predicted molar refractivity (Wildman–Crippen MR) is 63.5 cm³/mol.